The lowest BCUT2D eigenvalue weighted by Gasteiger charge is -2.06. The third-order valence-corrected chi connectivity index (χ3v) is 4.25. The second kappa shape index (κ2) is 7.38. The van der Waals surface area contributed by atoms with E-state index in [-0.39, 0.29) is 6.73 Å². The number of oxime groups is 1. The van der Waals surface area contributed by atoms with Gasteiger partial charge in [0.2, 0.25) is 0 Å². The maximum atomic E-state index is 12.3. The molecule has 2 heterocycles. The molecular weight excluding hydrogens is 334 g/mol. The van der Waals surface area contributed by atoms with E-state index in [4.69, 9.17) is 4.84 Å². The third kappa shape index (κ3) is 3.44. The summed E-state index contributed by atoms with van der Waals surface area (Å²) in [4.78, 5) is 33.8. The zero-order chi connectivity index (χ0) is 18.7. The monoisotopic (exact) mass is 355 g/mol. The van der Waals surface area contributed by atoms with Crippen molar-refractivity contribution in [3.05, 3.63) is 63.1 Å². The fourth-order valence-electron chi connectivity index (χ4n) is 2.71. The molecule has 1 aromatic carbocycles. The SMILES string of the molecule is C/C(CCc1ccccc1)=N\OCn1cnc2c1c(=O)n(C)c(=O)n2C. The summed E-state index contributed by atoms with van der Waals surface area (Å²) < 4.78 is 3.93. The largest absolute Gasteiger partial charge is 0.374 e. The molecule has 0 N–H and O–H groups in total. The van der Waals surface area contributed by atoms with Crippen LogP contribution in [0.1, 0.15) is 18.9 Å². The molecule has 8 nitrogen and oxygen atoms in total. The van der Waals surface area contributed by atoms with Gasteiger partial charge >= 0.3 is 5.69 Å². The Bertz CT molecular complexity index is 1060. The van der Waals surface area contributed by atoms with E-state index in [1.807, 2.05) is 25.1 Å². The minimum absolute atomic E-state index is 0.0482. The van der Waals surface area contributed by atoms with E-state index >= 15 is 0 Å². The summed E-state index contributed by atoms with van der Waals surface area (Å²) in [5.74, 6) is 0. The highest BCUT2D eigenvalue weighted by molar-refractivity contribution is 5.81. The smallest absolute Gasteiger partial charge is 0.332 e. The maximum absolute atomic E-state index is 12.3. The van der Waals surface area contributed by atoms with Gasteiger partial charge in [0.25, 0.3) is 5.56 Å². The Balaban J connectivity index is 1.70. The van der Waals surface area contributed by atoms with Crippen LogP contribution in [-0.4, -0.2) is 24.4 Å². The van der Waals surface area contributed by atoms with Crippen LogP contribution in [0.5, 0.6) is 0 Å². The first-order valence-electron chi connectivity index (χ1n) is 8.29. The molecular formula is C18H21N5O3. The van der Waals surface area contributed by atoms with Crippen molar-refractivity contribution in [2.75, 3.05) is 0 Å². The lowest BCUT2D eigenvalue weighted by atomic mass is 10.1. The van der Waals surface area contributed by atoms with Gasteiger partial charge in [-0.05, 0) is 25.3 Å². The van der Waals surface area contributed by atoms with Crippen LogP contribution in [0.4, 0.5) is 0 Å². The van der Waals surface area contributed by atoms with Gasteiger partial charge in [0.05, 0.1) is 5.71 Å². The van der Waals surface area contributed by atoms with Gasteiger partial charge in [0.1, 0.15) is 6.33 Å². The molecule has 0 spiro atoms. The van der Waals surface area contributed by atoms with Gasteiger partial charge in [0, 0.05) is 14.1 Å². The highest BCUT2D eigenvalue weighted by Gasteiger charge is 2.14. The number of rotatable bonds is 6. The van der Waals surface area contributed by atoms with Gasteiger partial charge in [-0.2, -0.15) is 0 Å². The Hall–Kier alpha value is -3.16. The molecule has 3 rings (SSSR count). The van der Waals surface area contributed by atoms with Crippen molar-refractivity contribution in [3.63, 3.8) is 0 Å². The van der Waals surface area contributed by atoms with Crippen molar-refractivity contribution in [3.8, 4) is 0 Å². The summed E-state index contributed by atoms with van der Waals surface area (Å²) in [7, 11) is 3.02. The molecule has 8 heteroatoms. The minimum atomic E-state index is -0.413. The second-order valence-electron chi connectivity index (χ2n) is 6.16. The highest BCUT2D eigenvalue weighted by Crippen LogP contribution is 2.07. The summed E-state index contributed by atoms with van der Waals surface area (Å²) in [5, 5.41) is 4.10. The first-order chi connectivity index (χ1) is 12.5. The quantitative estimate of drug-likeness (QED) is 0.494. The van der Waals surface area contributed by atoms with Gasteiger partial charge in [0.15, 0.2) is 17.9 Å². The van der Waals surface area contributed by atoms with Crippen LogP contribution in [0, 0.1) is 0 Å². The first-order valence-corrected chi connectivity index (χ1v) is 8.29. The summed E-state index contributed by atoms with van der Waals surface area (Å²) in [6.07, 6.45) is 3.14. The standard InChI is InChI=1S/C18H21N5O3/c1-13(9-10-14-7-5-4-6-8-14)20-26-12-23-11-19-16-15(23)17(24)22(3)18(25)21(16)2/h4-8,11H,9-10,12H2,1-3H3/b20-13+. The number of aromatic nitrogens is 4. The van der Waals surface area contributed by atoms with Crippen molar-refractivity contribution in [1.82, 2.24) is 18.7 Å². The molecule has 0 bridgehead atoms. The normalized spacial score (nSPS) is 11.9. The molecule has 2 aromatic heterocycles. The molecule has 0 amide bonds. The second-order valence-corrected chi connectivity index (χ2v) is 6.16. The number of hydrogen-bond acceptors (Lipinski definition) is 5. The van der Waals surface area contributed by atoms with Crippen LogP contribution in [-0.2, 0) is 32.1 Å². The predicted octanol–water partition coefficient (Wildman–Crippen LogP) is 1.42. The maximum Gasteiger partial charge on any atom is 0.332 e. The fraction of sp³-hybridized carbons (Fsp3) is 0.333. The van der Waals surface area contributed by atoms with Crippen LogP contribution >= 0.6 is 0 Å². The Morgan fingerprint density at radius 1 is 1.15 bits per heavy atom. The Kier molecular flexibility index (Phi) is 5.01. The van der Waals surface area contributed by atoms with Crippen molar-refractivity contribution < 1.29 is 4.84 Å². The lowest BCUT2D eigenvalue weighted by Crippen LogP contribution is -2.37. The number of hydrogen-bond donors (Lipinski definition) is 0. The number of aryl methyl sites for hydroxylation is 2. The average Bonchev–Trinajstić information content (AvgIpc) is 3.08. The van der Waals surface area contributed by atoms with E-state index in [9.17, 15) is 9.59 Å². The minimum Gasteiger partial charge on any atom is -0.374 e. The number of benzene rings is 1. The zero-order valence-electron chi connectivity index (χ0n) is 15.0. The van der Waals surface area contributed by atoms with Crippen LogP contribution < -0.4 is 11.2 Å². The highest BCUT2D eigenvalue weighted by atomic mass is 16.6. The topological polar surface area (TPSA) is 83.4 Å². The number of fused-ring (bicyclic) bond motifs is 1. The van der Waals surface area contributed by atoms with Gasteiger partial charge in [-0.25, -0.2) is 9.78 Å². The van der Waals surface area contributed by atoms with E-state index in [0.29, 0.717) is 11.2 Å². The molecule has 0 fully saturated rings. The van der Waals surface area contributed by atoms with Crippen molar-refractivity contribution in [2.45, 2.75) is 26.5 Å². The molecule has 3 aromatic rings. The number of nitrogens with zero attached hydrogens (tertiary/aromatic N) is 5. The van der Waals surface area contributed by atoms with Crippen LogP contribution in [0.2, 0.25) is 0 Å². The van der Waals surface area contributed by atoms with E-state index in [0.717, 1.165) is 23.1 Å². The third-order valence-electron chi connectivity index (χ3n) is 4.25. The Morgan fingerprint density at radius 3 is 2.62 bits per heavy atom. The lowest BCUT2D eigenvalue weighted by molar-refractivity contribution is 0.0858. The van der Waals surface area contributed by atoms with Crippen LogP contribution in [0.3, 0.4) is 0 Å². The molecule has 0 aliphatic rings. The molecule has 0 atom stereocenters. The fourth-order valence-corrected chi connectivity index (χ4v) is 2.71. The van der Waals surface area contributed by atoms with Crippen LogP contribution in [0.15, 0.2) is 51.4 Å². The molecule has 26 heavy (non-hydrogen) atoms. The van der Waals surface area contributed by atoms with Crippen molar-refractivity contribution in [1.29, 1.82) is 0 Å². The molecule has 0 unspecified atom stereocenters. The van der Waals surface area contributed by atoms with E-state index in [1.165, 1.54) is 23.5 Å². The molecule has 0 aliphatic carbocycles. The van der Waals surface area contributed by atoms with Crippen molar-refractivity contribution in [2.24, 2.45) is 19.3 Å². The van der Waals surface area contributed by atoms with Crippen molar-refractivity contribution >= 4 is 16.9 Å². The van der Waals surface area contributed by atoms with E-state index in [2.05, 4.69) is 22.3 Å². The molecule has 0 saturated carbocycles. The van der Waals surface area contributed by atoms with Gasteiger partial charge in [-0.15, -0.1) is 0 Å². The number of imidazole rings is 1. The van der Waals surface area contributed by atoms with E-state index < -0.39 is 11.2 Å². The first kappa shape index (κ1) is 17.7. The molecule has 0 radical (unpaired) electrons. The zero-order valence-corrected chi connectivity index (χ0v) is 15.0. The van der Waals surface area contributed by atoms with Gasteiger partial charge in [-0.1, -0.05) is 35.5 Å². The molecule has 0 saturated heterocycles. The summed E-state index contributed by atoms with van der Waals surface area (Å²) in [6, 6.07) is 10.2. The summed E-state index contributed by atoms with van der Waals surface area (Å²) in [5.41, 5.74) is 1.92. The summed E-state index contributed by atoms with van der Waals surface area (Å²) in [6.45, 7) is 1.95. The Morgan fingerprint density at radius 2 is 1.88 bits per heavy atom. The summed E-state index contributed by atoms with van der Waals surface area (Å²) >= 11 is 0. The van der Waals surface area contributed by atoms with Gasteiger partial charge < -0.3 is 4.84 Å². The van der Waals surface area contributed by atoms with Gasteiger partial charge in [-0.3, -0.25) is 18.5 Å². The predicted molar refractivity (Wildman–Crippen MR) is 99.2 cm³/mol. The van der Waals surface area contributed by atoms with E-state index in [1.54, 1.807) is 11.6 Å². The Labute approximate surface area is 150 Å². The van der Waals surface area contributed by atoms with Crippen LogP contribution in [0.25, 0.3) is 11.2 Å². The average molecular weight is 355 g/mol. The molecule has 0 aliphatic heterocycles. The molecule has 136 valence electrons.